The van der Waals surface area contributed by atoms with Gasteiger partial charge in [0.2, 0.25) is 11.6 Å². The number of para-hydroxylation sites is 1. The Bertz CT molecular complexity index is 1140. The lowest BCUT2D eigenvalue weighted by Gasteiger charge is -2.11. The van der Waals surface area contributed by atoms with Crippen molar-refractivity contribution >= 4 is 40.5 Å². The average molecular weight is 444 g/mol. The van der Waals surface area contributed by atoms with E-state index in [1.165, 1.54) is 24.3 Å². The maximum Gasteiger partial charge on any atom is 0.354 e. The molecule has 3 aromatic rings. The first-order valence-corrected chi connectivity index (χ1v) is 9.02. The second-order valence-electron chi connectivity index (χ2n) is 6.01. The summed E-state index contributed by atoms with van der Waals surface area (Å²) in [7, 11) is 0. The maximum absolute atomic E-state index is 12.3. The van der Waals surface area contributed by atoms with Gasteiger partial charge in [-0.05, 0) is 23.8 Å². The first kappa shape index (κ1) is 21.4. The Kier molecular flexibility index (Phi) is 6.52. The number of anilines is 2. The van der Waals surface area contributed by atoms with Crippen molar-refractivity contribution in [3.63, 3.8) is 0 Å². The molecule has 0 aliphatic rings. The fraction of sp³-hybridized carbons (Fsp3) is 0.0556. The molecule has 12 nitrogen and oxygen atoms in total. The van der Waals surface area contributed by atoms with E-state index in [0.29, 0.717) is 5.02 Å². The summed E-state index contributed by atoms with van der Waals surface area (Å²) in [5.41, 5.74) is 4.17. The van der Waals surface area contributed by atoms with Gasteiger partial charge in [-0.15, -0.1) is 0 Å². The van der Waals surface area contributed by atoms with Crippen molar-refractivity contribution in [2.24, 2.45) is 0 Å². The zero-order valence-corrected chi connectivity index (χ0v) is 16.4. The largest absolute Gasteiger partial charge is 0.360 e. The number of nitro benzene ring substituents is 1. The predicted octanol–water partition coefficient (Wildman–Crippen LogP) is 3.32. The number of halogens is 1. The predicted molar refractivity (Wildman–Crippen MR) is 112 cm³/mol. The number of hydrogen-bond donors (Lipinski definition) is 3. The number of carbonyl (C=O) groups excluding carboxylic acids is 1. The van der Waals surface area contributed by atoms with Gasteiger partial charge in [-0.25, -0.2) is 9.97 Å². The Labute approximate surface area is 179 Å². The minimum Gasteiger partial charge on any atom is -0.360 e. The van der Waals surface area contributed by atoms with Crippen LogP contribution in [-0.4, -0.2) is 25.7 Å². The number of benzene rings is 2. The number of nitrogens with zero attached hydrogens (tertiary/aromatic N) is 4. The Balaban J connectivity index is 1.78. The number of aromatic nitrogens is 2. The molecule has 0 atom stereocenters. The quantitative estimate of drug-likeness (QED) is 0.349. The SMILES string of the molecule is O=C(NNc1ncnc(NCc2ccc(Cl)cc2)c1[N+](=O)[O-])c1ccccc1[N+](=O)[O-]. The Morgan fingerprint density at radius 2 is 1.65 bits per heavy atom. The Hall–Kier alpha value is -4.32. The van der Waals surface area contributed by atoms with Crippen molar-refractivity contribution in [1.82, 2.24) is 15.4 Å². The van der Waals surface area contributed by atoms with Crippen LogP contribution in [0.2, 0.25) is 5.02 Å². The molecule has 0 aliphatic carbocycles. The lowest BCUT2D eigenvalue weighted by atomic mass is 10.2. The molecule has 0 radical (unpaired) electrons. The van der Waals surface area contributed by atoms with E-state index < -0.39 is 27.1 Å². The van der Waals surface area contributed by atoms with Crippen molar-refractivity contribution in [2.45, 2.75) is 6.54 Å². The zero-order chi connectivity index (χ0) is 22.4. The number of hydrogen-bond acceptors (Lipinski definition) is 9. The second kappa shape index (κ2) is 9.45. The zero-order valence-electron chi connectivity index (χ0n) is 15.6. The van der Waals surface area contributed by atoms with Crippen LogP contribution in [0.4, 0.5) is 23.0 Å². The monoisotopic (exact) mass is 443 g/mol. The molecule has 0 bridgehead atoms. The van der Waals surface area contributed by atoms with E-state index >= 15 is 0 Å². The van der Waals surface area contributed by atoms with Crippen LogP contribution >= 0.6 is 11.6 Å². The Morgan fingerprint density at radius 1 is 0.968 bits per heavy atom. The van der Waals surface area contributed by atoms with Gasteiger partial charge in [0, 0.05) is 17.6 Å². The summed E-state index contributed by atoms with van der Waals surface area (Å²) in [6, 6.07) is 12.1. The summed E-state index contributed by atoms with van der Waals surface area (Å²) in [6.07, 6.45) is 1.07. The fourth-order valence-electron chi connectivity index (χ4n) is 2.57. The molecule has 158 valence electrons. The number of rotatable bonds is 8. The molecule has 2 aromatic carbocycles. The molecule has 0 unspecified atom stereocenters. The highest BCUT2D eigenvalue weighted by molar-refractivity contribution is 6.30. The third kappa shape index (κ3) is 5.19. The number of carbonyl (C=O) groups is 1. The molecular weight excluding hydrogens is 430 g/mol. The highest BCUT2D eigenvalue weighted by Gasteiger charge is 2.24. The van der Waals surface area contributed by atoms with Crippen LogP contribution in [0.15, 0.2) is 54.9 Å². The standard InChI is InChI=1S/C18H14ClN7O5/c19-12-7-5-11(6-8-12)9-20-16-15(26(30)31)17(22-10-21-16)23-24-18(27)13-3-1-2-4-14(13)25(28)29/h1-8,10H,9H2,(H,24,27)(H2,20,21,22,23). The van der Waals surface area contributed by atoms with Crippen molar-refractivity contribution < 1.29 is 14.6 Å². The van der Waals surface area contributed by atoms with E-state index in [1.807, 2.05) is 0 Å². The topological polar surface area (TPSA) is 165 Å². The van der Waals surface area contributed by atoms with Crippen LogP contribution in [0.1, 0.15) is 15.9 Å². The normalized spacial score (nSPS) is 10.2. The van der Waals surface area contributed by atoms with Crippen LogP contribution in [0.3, 0.4) is 0 Å². The molecular formula is C18H14ClN7O5. The van der Waals surface area contributed by atoms with Crippen LogP contribution in [0, 0.1) is 20.2 Å². The van der Waals surface area contributed by atoms with Crippen molar-refractivity contribution in [3.8, 4) is 0 Å². The van der Waals surface area contributed by atoms with Gasteiger partial charge in [-0.3, -0.25) is 35.9 Å². The molecule has 3 rings (SSSR count). The molecule has 0 spiro atoms. The van der Waals surface area contributed by atoms with E-state index in [-0.39, 0.29) is 23.7 Å². The number of nitrogens with one attached hydrogen (secondary N) is 3. The summed E-state index contributed by atoms with van der Waals surface area (Å²) >= 11 is 5.84. The van der Waals surface area contributed by atoms with Crippen LogP contribution in [-0.2, 0) is 6.54 Å². The summed E-state index contributed by atoms with van der Waals surface area (Å²) in [5, 5.41) is 26.0. The molecule has 31 heavy (non-hydrogen) atoms. The molecule has 0 aliphatic heterocycles. The number of nitro groups is 2. The van der Waals surface area contributed by atoms with Gasteiger partial charge >= 0.3 is 5.69 Å². The van der Waals surface area contributed by atoms with Crippen LogP contribution in [0.25, 0.3) is 0 Å². The summed E-state index contributed by atoms with van der Waals surface area (Å²) in [5.74, 6) is -1.25. The molecule has 0 saturated heterocycles. The summed E-state index contributed by atoms with van der Waals surface area (Å²) < 4.78 is 0. The van der Waals surface area contributed by atoms with Gasteiger partial charge in [0.1, 0.15) is 11.9 Å². The Morgan fingerprint density at radius 3 is 2.32 bits per heavy atom. The molecule has 0 saturated carbocycles. The first-order valence-electron chi connectivity index (χ1n) is 8.64. The first-order chi connectivity index (χ1) is 14.9. The van der Waals surface area contributed by atoms with E-state index in [2.05, 4.69) is 26.1 Å². The molecule has 0 fully saturated rings. The van der Waals surface area contributed by atoms with E-state index in [4.69, 9.17) is 11.6 Å². The minimum absolute atomic E-state index is 0.0857. The van der Waals surface area contributed by atoms with Crippen LogP contribution < -0.4 is 16.2 Å². The molecule has 13 heteroatoms. The van der Waals surface area contributed by atoms with Gasteiger partial charge in [-0.2, -0.15) is 0 Å². The lowest BCUT2D eigenvalue weighted by molar-refractivity contribution is -0.385. The number of hydrazine groups is 1. The lowest BCUT2D eigenvalue weighted by Crippen LogP contribution is -2.31. The minimum atomic E-state index is -0.865. The molecule has 3 N–H and O–H groups in total. The third-order valence-electron chi connectivity index (χ3n) is 4.02. The highest BCUT2D eigenvalue weighted by atomic mass is 35.5. The highest BCUT2D eigenvalue weighted by Crippen LogP contribution is 2.29. The number of amides is 1. The van der Waals surface area contributed by atoms with Gasteiger partial charge in [0.15, 0.2) is 0 Å². The maximum atomic E-state index is 12.3. The van der Waals surface area contributed by atoms with Crippen molar-refractivity contribution in [2.75, 3.05) is 10.7 Å². The van der Waals surface area contributed by atoms with Crippen molar-refractivity contribution in [1.29, 1.82) is 0 Å². The van der Waals surface area contributed by atoms with Crippen molar-refractivity contribution in [3.05, 3.63) is 91.2 Å². The average Bonchev–Trinajstić information content (AvgIpc) is 2.76. The van der Waals surface area contributed by atoms with Gasteiger partial charge in [0.05, 0.1) is 9.85 Å². The summed E-state index contributed by atoms with van der Waals surface area (Å²) in [4.78, 5) is 41.2. The van der Waals surface area contributed by atoms with E-state index in [0.717, 1.165) is 11.9 Å². The van der Waals surface area contributed by atoms with E-state index in [1.54, 1.807) is 24.3 Å². The smallest absolute Gasteiger partial charge is 0.354 e. The molecule has 1 aromatic heterocycles. The third-order valence-corrected chi connectivity index (χ3v) is 4.27. The fourth-order valence-corrected chi connectivity index (χ4v) is 2.69. The van der Waals surface area contributed by atoms with Gasteiger partial charge in [0.25, 0.3) is 11.6 Å². The van der Waals surface area contributed by atoms with Gasteiger partial charge < -0.3 is 5.32 Å². The molecule has 1 heterocycles. The second-order valence-corrected chi connectivity index (χ2v) is 6.45. The van der Waals surface area contributed by atoms with E-state index in [9.17, 15) is 25.0 Å². The van der Waals surface area contributed by atoms with Crippen LogP contribution in [0.5, 0.6) is 0 Å². The van der Waals surface area contributed by atoms with Gasteiger partial charge in [-0.1, -0.05) is 35.9 Å². The summed E-state index contributed by atoms with van der Waals surface area (Å²) in [6.45, 7) is 0.219. The molecule has 1 amide bonds.